The van der Waals surface area contributed by atoms with E-state index in [1.54, 1.807) is 0 Å². The predicted octanol–water partition coefficient (Wildman–Crippen LogP) is 4.07. The zero-order valence-corrected chi connectivity index (χ0v) is 17.1. The molecule has 4 rings (SSSR count). The summed E-state index contributed by atoms with van der Waals surface area (Å²) in [6.45, 7) is 1.62. The molecule has 1 aliphatic heterocycles. The number of carboxylic acid groups (broad SMARTS) is 1. The van der Waals surface area contributed by atoms with E-state index >= 15 is 0 Å². The van der Waals surface area contributed by atoms with Crippen LogP contribution in [0.5, 0.6) is 0 Å². The second-order valence-electron chi connectivity index (χ2n) is 7.96. The summed E-state index contributed by atoms with van der Waals surface area (Å²) in [4.78, 5) is 20.6. The van der Waals surface area contributed by atoms with Gasteiger partial charge in [-0.15, -0.1) is 0 Å². The Bertz CT molecular complexity index is 984. The van der Waals surface area contributed by atoms with Crippen LogP contribution in [0.15, 0.2) is 55.0 Å². The van der Waals surface area contributed by atoms with Crippen LogP contribution in [0.3, 0.4) is 0 Å². The van der Waals surface area contributed by atoms with Crippen LogP contribution < -0.4 is 5.32 Å². The number of hydrogen-bond donors (Lipinski definition) is 2. The number of aryl methyl sites for hydroxylation is 3. The molecule has 6 nitrogen and oxygen atoms in total. The molecule has 1 aliphatic rings. The van der Waals surface area contributed by atoms with Crippen molar-refractivity contribution in [3.63, 3.8) is 0 Å². The molecule has 0 fully saturated rings. The minimum Gasteiger partial charge on any atom is -0.481 e. The zero-order chi connectivity index (χ0) is 20.8. The van der Waals surface area contributed by atoms with Gasteiger partial charge in [0.1, 0.15) is 5.82 Å². The number of carbonyl (C=O) groups is 1. The number of aliphatic carboxylic acids is 1. The molecule has 0 saturated heterocycles. The standard InChI is InChI=1S/C24H28N4O2/c29-23(30)14-20(18-6-2-1-3-7-18)15-28-16-22(26-17-28)10-4-9-21-12-11-19-8-5-13-25-24(19)27-21/h1-3,6-7,11-12,16-17,20H,4-5,8-10,13-15H2,(H,25,27)(H,29,30). The van der Waals surface area contributed by atoms with Crippen LogP contribution in [0.2, 0.25) is 0 Å². The van der Waals surface area contributed by atoms with Crippen LogP contribution in [0.4, 0.5) is 5.82 Å². The third-order valence-corrected chi connectivity index (χ3v) is 5.63. The minimum atomic E-state index is -0.781. The highest BCUT2D eigenvalue weighted by Gasteiger charge is 2.16. The van der Waals surface area contributed by atoms with Gasteiger partial charge in [-0.25, -0.2) is 9.97 Å². The molecule has 30 heavy (non-hydrogen) atoms. The molecular weight excluding hydrogens is 376 g/mol. The number of hydrogen-bond acceptors (Lipinski definition) is 4. The SMILES string of the molecule is O=C(O)CC(Cn1cnc(CCCc2ccc3c(n2)NCCC3)c1)c1ccccc1. The summed E-state index contributed by atoms with van der Waals surface area (Å²) in [5.74, 6) is 0.197. The van der Waals surface area contributed by atoms with Gasteiger partial charge >= 0.3 is 5.97 Å². The minimum absolute atomic E-state index is 0.0713. The Morgan fingerprint density at radius 2 is 1.97 bits per heavy atom. The molecule has 0 aliphatic carbocycles. The summed E-state index contributed by atoms with van der Waals surface area (Å²) in [7, 11) is 0. The van der Waals surface area contributed by atoms with Crippen LogP contribution in [0.1, 0.15) is 47.7 Å². The molecule has 3 aromatic rings. The van der Waals surface area contributed by atoms with Crippen LogP contribution in [-0.2, 0) is 30.6 Å². The van der Waals surface area contributed by atoms with Crippen LogP contribution in [-0.4, -0.2) is 32.2 Å². The monoisotopic (exact) mass is 404 g/mol. The van der Waals surface area contributed by atoms with Gasteiger partial charge in [0.15, 0.2) is 0 Å². The fourth-order valence-corrected chi connectivity index (χ4v) is 4.07. The van der Waals surface area contributed by atoms with Crippen molar-refractivity contribution in [2.24, 2.45) is 0 Å². The van der Waals surface area contributed by atoms with E-state index in [-0.39, 0.29) is 12.3 Å². The maximum absolute atomic E-state index is 11.3. The van der Waals surface area contributed by atoms with Crippen molar-refractivity contribution in [3.05, 3.63) is 77.5 Å². The number of nitrogens with one attached hydrogen (secondary N) is 1. The molecule has 0 radical (unpaired) electrons. The summed E-state index contributed by atoms with van der Waals surface area (Å²) in [6.07, 6.45) is 9.04. The molecule has 6 heteroatoms. The molecule has 0 spiro atoms. The fraction of sp³-hybridized carbons (Fsp3) is 0.375. The van der Waals surface area contributed by atoms with Crippen molar-refractivity contribution in [1.29, 1.82) is 0 Å². The number of benzene rings is 1. The molecule has 0 bridgehead atoms. The average molecular weight is 405 g/mol. The third kappa shape index (κ3) is 5.26. The van der Waals surface area contributed by atoms with Crippen LogP contribution >= 0.6 is 0 Å². The van der Waals surface area contributed by atoms with E-state index in [4.69, 9.17) is 4.98 Å². The van der Waals surface area contributed by atoms with Gasteiger partial charge in [-0.05, 0) is 49.3 Å². The van der Waals surface area contributed by atoms with E-state index in [0.717, 1.165) is 55.0 Å². The van der Waals surface area contributed by atoms with Crippen molar-refractivity contribution >= 4 is 11.8 Å². The van der Waals surface area contributed by atoms with Gasteiger partial charge in [0, 0.05) is 30.9 Å². The molecule has 1 aromatic carbocycles. The maximum Gasteiger partial charge on any atom is 0.304 e. The van der Waals surface area contributed by atoms with Gasteiger partial charge in [0.05, 0.1) is 18.4 Å². The van der Waals surface area contributed by atoms with E-state index in [0.29, 0.717) is 6.54 Å². The smallest absolute Gasteiger partial charge is 0.304 e. The molecule has 2 N–H and O–H groups in total. The normalized spacial score (nSPS) is 14.0. The lowest BCUT2D eigenvalue weighted by Crippen LogP contribution is -2.14. The van der Waals surface area contributed by atoms with E-state index in [2.05, 4.69) is 22.4 Å². The fourth-order valence-electron chi connectivity index (χ4n) is 4.07. The van der Waals surface area contributed by atoms with Gasteiger partial charge in [-0.1, -0.05) is 36.4 Å². The van der Waals surface area contributed by atoms with Gasteiger partial charge in [-0.3, -0.25) is 4.79 Å². The van der Waals surface area contributed by atoms with Crippen molar-refractivity contribution in [2.75, 3.05) is 11.9 Å². The molecule has 0 saturated carbocycles. The Hall–Kier alpha value is -3.15. The number of rotatable bonds is 9. The second kappa shape index (κ2) is 9.57. The zero-order valence-electron chi connectivity index (χ0n) is 17.1. The first-order valence-electron chi connectivity index (χ1n) is 10.7. The molecule has 1 atom stereocenters. The first kappa shape index (κ1) is 20.1. The number of anilines is 1. The lowest BCUT2D eigenvalue weighted by atomic mass is 9.95. The Morgan fingerprint density at radius 1 is 1.13 bits per heavy atom. The maximum atomic E-state index is 11.3. The van der Waals surface area contributed by atoms with Gasteiger partial charge in [0.25, 0.3) is 0 Å². The number of imidazole rings is 1. The highest BCUT2D eigenvalue weighted by Crippen LogP contribution is 2.23. The summed E-state index contributed by atoms with van der Waals surface area (Å²) >= 11 is 0. The summed E-state index contributed by atoms with van der Waals surface area (Å²) in [5.41, 5.74) is 4.52. The Labute approximate surface area is 177 Å². The van der Waals surface area contributed by atoms with E-state index in [1.807, 2.05) is 47.4 Å². The molecule has 1 unspecified atom stereocenters. The summed E-state index contributed by atoms with van der Waals surface area (Å²) < 4.78 is 2.01. The van der Waals surface area contributed by atoms with Gasteiger partial charge < -0.3 is 15.0 Å². The third-order valence-electron chi connectivity index (χ3n) is 5.63. The van der Waals surface area contributed by atoms with Crippen molar-refractivity contribution < 1.29 is 9.90 Å². The molecule has 156 valence electrons. The summed E-state index contributed by atoms with van der Waals surface area (Å²) in [5, 5.41) is 12.7. The Morgan fingerprint density at radius 3 is 2.80 bits per heavy atom. The number of carboxylic acids is 1. The second-order valence-corrected chi connectivity index (χ2v) is 7.96. The highest BCUT2D eigenvalue weighted by atomic mass is 16.4. The molecule has 0 amide bonds. The topological polar surface area (TPSA) is 80.0 Å². The van der Waals surface area contributed by atoms with Crippen molar-refractivity contribution in [3.8, 4) is 0 Å². The van der Waals surface area contributed by atoms with Crippen molar-refractivity contribution in [1.82, 2.24) is 14.5 Å². The summed E-state index contributed by atoms with van der Waals surface area (Å²) in [6, 6.07) is 14.2. The average Bonchev–Trinajstić information content (AvgIpc) is 3.21. The van der Waals surface area contributed by atoms with Gasteiger partial charge in [0.2, 0.25) is 0 Å². The highest BCUT2D eigenvalue weighted by molar-refractivity contribution is 5.68. The number of fused-ring (bicyclic) bond motifs is 1. The predicted molar refractivity (Wildman–Crippen MR) is 117 cm³/mol. The van der Waals surface area contributed by atoms with Gasteiger partial charge in [-0.2, -0.15) is 0 Å². The first-order valence-corrected chi connectivity index (χ1v) is 10.7. The quantitative estimate of drug-likeness (QED) is 0.562. The lowest BCUT2D eigenvalue weighted by molar-refractivity contribution is -0.137. The van der Waals surface area contributed by atoms with Crippen LogP contribution in [0.25, 0.3) is 0 Å². The van der Waals surface area contributed by atoms with E-state index in [9.17, 15) is 9.90 Å². The molecular formula is C24H28N4O2. The van der Waals surface area contributed by atoms with Crippen LogP contribution in [0, 0.1) is 0 Å². The van der Waals surface area contributed by atoms with E-state index in [1.165, 1.54) is 12.0 Å². The largest absolute Gasteiger partial charge is 0.481 e. The molecule has 3 heterocycles. The van der Waals surface area contributed by atoms with Crippen molar-refractivity contribution in [2.45, 2.75) is 51.0 Å². The Kier molecular flexibility index (Phi) is 6.42. The number of nitrogens with zero attached hydrogens (tertiary/aromatic N) is 3. The Balaban J connectivity index is 1.33. The first-order chi connectivity index (χ1) is 14.7. The number of aromatic nitrogens is 3. The van der Waals surface area contributed by atoms with E-state index < -0.39 is 5.97 Å². The molecule has 2 aromatic heterocycles. The lowest BCUT2D eigenvalue weighted by Gasteiger charge is -2.17. The number of pyridine rings is 1.